The molecule has 3 atom stereocenters. The minimum atomic E-state index is -0.513. The van der Waals surface area contributed by atoms with Gasteiger partial charge in [-0.05, 0) is 55.2 Å². The van der Waals surface area contributed by atoms with E-state index in [1.165, 1.54) is 31.4 Å². The standard InChI is InChI=1S/C14H17FO/c15-13-5-2-10(3-6-13)8-14(16)9-11-1-4-12(14)7-11/h2-3,5-6,11-12,16H,1,4,7-9H2. The summed E-state index contributed by atoms with van der Waals surface area (Å²) in [4.78, 5) is 0. The zero-order chi connectivity index (χ0) is 11.2. The topological polar surface area (TPSA) is 20.2 Å². The Morgan fingerprint density at radius 2 is 2.00 bits per heavy atom. The highest BCUT2D eigenvalue weighted by molar-refractivity contribution is 5.20. The molecule has 3 rings (SSSR count). The number of aliphatic hydroxyl groups is 1. The second-order valence-electron chi connectivity index (χ2n) is 5.49. The average molecular weight is 220 g/mol. The van der Waals surface area contributed by atoms with E-state index in [1.807, 2.05) is 0 Å². The van der Waals surface area contributed by atoms with Crippen molar-refractivity contribution in [3.63, 3.8) is 0 Å². The van der Waals surface area contributed by atoms with Gasteiger partial charge >= 0.3 is 0 Å². The minimum absolute atomic E-state index is 0.205. The first-order chi connectivity index (χ1) is 7.66. The summed E-state index contributed by atoms with van der Waals surface area (Å²) in [5, 5.41) is 10.6. The van der Waals surface area contributed by atoms with Crippen molar-refractivity contribution in [3.05, 3.63) is 35.6 Å². The van der Waals surface area contributed by atoms with Crippen LogP contribution in [0.3, 0.4) is 0 Å². The molecule has 2 aliphatic rings. The van der Waals surface area contributed by atoms with E-state index >= 15 is 0 Å². The van der Waals surface area contributed by atoms with Gasteiger partial charge in [-0.3, -0.25) is 0 Å². The molecule has 2 saturated carbocycles. The predicted molar refractivity (Wildman–Crippen MR) is 60.5 cm³/mol. The fourth-order valence-electron chi connectivity index (χ4n) is 3.59. The van der Waals surface area contributed by atoms with E-state index in [2.05, 4.69) is 0 Å². The van der Waals surface area contributed by atoms with Crippen LogP contribution in [0, 0.1) is 17.7 Å². The van der Waals surface area contributed by atoms with Gasteiger partial charge in [0.1, 0.15) is 5.82 Å². The highest BCUT2D eigenvalue weighted by atomic mass is 19.1. The van der Waals surface area contributed by atoms with Crippen molar-refractivity contribution in [3.8, 4) is 0 Å². The summed E-state index contributed by atoms with van der Waals surface area (Å²) in [6.07, 6.45) is 5.28. The molecule has 2 fully saturated rings. The molecule has 1 aromatic rings. The van der Waals surface area contributed by atoms with Gasteiger partial charge in [-0.2, -0.15) is 0 Å². The van der Waals surface area contributed by atoms with Crippen LogP contribution in [0.1, 0.15) is 31.2 Å². The van der Waals surface area contributed by atoms with Crippen molar-refractivity contribution in [2.75, 3.05) is 0 Å². The van der Waals surface area contributed by atoms with Crippen LogP contribution in [0.5, 0.6) is 0 Å². The van der Waals surface area contributed by atoms with Gasteiger partial charge in [-0.1, -0.05) is 12.1 Å². The summed E-state index contributed by atoms with van der Waals surface area (Å²) in [5.41, 5.74) is 0.539. The highest BCUT2D eigenvalue weighted by Crippen LogP contribution is 2.51. The molecule has 0 spiro atoms. The quantitative estimate of drug-likeness (QED) is 0.812. The van der Waals surface area contributed by atoms with Gasteiger partial charge in [0.25, 0.3) is 0 Å². The number of fused-ring (bicyclic) bond motifs is 2. The van der Waals surface area contributed by atoms with Crippen LogP contribution in [0.25, 0.3) is 0 Å². The summed E-state index contributed by atoms with van der Waals surface area (Å²) in [6, 6.07) is 6.54. The molecule has 0 radical (unpaired) electrons. The molecule has 0 amide bonds. The van der Waals surface area contributed by atoms with Crippen LogP contribution in [-0.2, 0) is 6.42 Å². The van der Waals surface area contributed by atoms with Crippen LogP contribution in [0.2, 0.25) is 0 Å². The molecule has 2 heteroatoms. The Labute approximate surface area is 95.3 Å². The first-order valence-electron chi connectivity index (χ1n) is 6.12. The monoisotopic (exact) mass is 220 g/mol. The van der Waals surface area contributed by atoms with Gasteiger partial charge in [0, 0.05) is 6.42 Å². The molecule has 1 nitrogen and oxygen atoms in total. The molecule has 0 aliphatic heterocycles. The van der Waals surface area contributed by atoms with Crippen LogP contribution >= 0.6 is 0 Å². The Hall–Kier alpha value is -0.890. The summed E-state index contributed by atoms with van der Waals surface area (Å²) < 4.78 is 12.8. The Bertz CT molecular complexity index is 386. The van der Waals surface area contributed by atoms with Crippen molar-refractivity contribution in [1.29, 1.82) is 0 Å². The normalized spacial score (nSPS) is 36.9. The second-order valence-corrected chi connectivity index (χ2v) is 5.49. The predicted octanol–water partition coefficient (Wildman–Crippen LogP) is 2.92. The van der Waals surface area contributed by atoms with E-state index in [0.717, 1.165) is 17.9 Å². The first-order valence-corrected chi connectivity index (χ1v) is 6.12. The molecule has 2 aliphatic carbocycles. The zero-order valence-corrected chi connectivity index (χ0v) is 9.32. The molecular weight excluding hydrogens is 203 g/mol. The molecule has 1 N–H and O–H groups in total. The highest BCUT2D eigenvalue weighted by Gasteiger charge is 2.49. The molecule has 0 aromatic heterocycles. The van der Waals surface area contributed by atoms with Crippen LogP contribution in [0.4, 0.5) is 4.39 Å². The molecule has 0 saturated heterocycles. The number of hydrogen-bond acceptors (Lipinski definition) is 1. The minimum Gasteiger partial charge on any atom is -0.389 e. The summed E-state index contributed by atoms with van der Waals surface area (Å²) in [5.74, 6) is 1.00. The lowest BCUT2D eigenvalue weighted by Crippen LogP contribution is -2.37. The smallest absolute Gasteiger partial charge is 0.123 e. The van der Waals surface area contributed by atoms with Gasteiger partial charge in [0.05, 0.1) is 5.60 Å². The number of benzene rings is 1. The first kappa shape index (κ1) is 10.3. The summed E-state index contributed by atoms with van der Waals surface area (Å²) in [7, 11) is 0. The Morgan fingerprint density at radius 1 is 1.25 bits per heavy atom. The molecule has 2 bridgehead atoms. The van der Waals surface area contributed by atoms with Crippen molar-refractivity contribution in [2.45, 2.75) is 37.7 Å². The van der Waals surface area contributed by atoms with E-state index in [1.54, 1.807) is 12.1 Å². The third-order valence-corrected chi connectivity index (χ3v) is 4.37. The lowest BCUT2D eigenvalue weighted by Gasteiger charge is -2.32. The van der Waals surface area contributed by atoms with E-state index in [9.17, 15) is 9.50 Å². The Balaban J connectivity index is 1.77. The summed E-state index contributed by atoms with van der Waals surface area (Å²) >= 11 is 0. The number of halogens is 1. The van der Waals surface area contributed by atoms with Crippen molar-refractivity contribution in [2.24, 2.45) is 11.8 Å². The fourth-order valence-corrected chi connectivity index (χ4v) is 3.59. The SMILES string of the molecule is OC1(Cc2ccc(F)cc2)CC2CCC1C2. The molecule has 3 unspecified atom stereocenters. The van der Waals surface area contributed by atoms with Crippen molar-refractivity contribution >= 4 is 0 Å². The lowest BCUT2D eigenvalue weighted by atomic mass is 9.80. The van der Waals surface area contributed by atoms with Gasteiger partial charge in [0.15, 0.2) is 0 Å². The van der Waals surface area contributed by atoms with Crippen molar-refractivity contribution < 1.29 is 9.50 Å². The third-order valence-electron chi connectivity index (χ3n) is 4.37. The van der Waals surface area contributed by atoms with E-state index < -0.39 is 5.60 Å². The summed E-state index contributed by atoms with van der Waals surface area (Å²) in [6.45, 7) is 0. The maximum absolute atomic E-state index is 12.8. The second kappa shape index (κ2) is 3.56. The Kier molecular flexibility index (Phi) is 2.28. The molecule has 86 valence electrons. The van der Waals surface area contributed by atoms with Gasteiger partial charge in [-0.15, -0.1) is 0 Å². The van der Waals surface area contributed by atoms with E-state index in [-0.39, 0.29) is 5.82 Å². The molecule has 0 heterocycles. The third kappa shape index (κ3) is 1.65. The van der Waals surface area contributed by atoms with Crippen molar-refractivity contribution in [1.82, 2.24) is 0 Å². The van der Waals surface area contributed by atoms with Gasteiger partial charge in [0.2, 0.25) is 0 Å². The van der Waals surface area contributed by atoms with Crippen LogP contribution in [-0.4, -0.2) is 10.7 Å². The number of rotatable bonds is 2. The van der Waals surface area contributed by atoms with E-state index in [0.29, 0.717) is 12.3 Å². The molecule has 1 aromatic carbocycles. The zero-order valence-electron chi connectivity index (χ0n) is 9.32. The maximum Gasteiger partial charge on any atom is 0.123 e. The fraction of sp³-hybridized carbons (Fsp3) is 0.571. The molecular formula is C14H17FO. The Morgan fingerprint density at radius 3 is 2.56 bits per heavy atom. The lowest BCUT2D eigenvalue weighted by molar-refractivity contribution is -0.0125. The number of hydrogen-bond donors (Lipinski definition) is 1. The van der Waals surface area contributed by atoms with Crippen LogP contribution in [0.15, 0.2) is 24.3 Å². The maximum atomic E-state index is 12.8. The largest absolute Gasteiger partial charge is 0.389 e. The van der Waals surface area contributed by atoms with E-state index in [4.69, 9.17) is 0 Å². The van der Waals surface area contributed by atoms with Gasteiger partial charge in [-0.25, -0.2) is 4.39 Å². The van der Waals surface area contributed by atoms with Crippen LogP contribution < -0.4 is 0 Å². The molecule has 16 heavy (non-hydrogen) atoms. The average Bonchev–Trinajstić information content (AvgIpc) is 2.81. The van der Waals surface area contributed by atoms with Gasteiger partial charge < -0.3 is 5.11 Å².